The molecule has 1 aliphatic heterocycles. The van der Waals surface area contributed by atoms with Gasteiger partial charge < -0.3 is 15.1 Å². The molecule has 10 heteroatoms. The predicted molar refractivity (Wildman–Crippen MR) is 119 cm³/mol. The monoisotopic (exact) mass is 424 g/mol. The lowest BCUT2D eigenvalue weighted by molar-refractivity contribution is -0.384. The summed E-state index contributed by atoms with van der Waals surface area (Å²) in [5.74, 6) is -0.701. The first kappa shape index (κ1) is 21.9. The molecule has 3 rings (SSSR count). The molecule has 2 amide bonds. The van der Waals surface area contributed by atoms with Crippen LogP contribution in [0.3, 0.4) is 0 Å². The maximum absolute atomic E-state index is 12.4. The van der Waals surface area contributed by atoms with E-state index in [4.69, 9.17) is 0 Å². The van der Waals surface area contributed by atoms with E-state index in [0.717, 1.165) is 31.9 Å². The second-order valence-corrected chi connectivity index (χ2v) is 7.25. The van der Waals surface area contributed by atoms with Gasteiger partial charge >= 0.3 is 0 Å². The van der Waals surface area contributed by atoms with Gasteiger partial charge in [0.1, 0.15) is 0 Å². The van der Waals surface area contributed by atoms with Crippen molar-refractivity contribution in [3.8, 4) is 0 Å². The lowest BCUT2D eigenvalue weighted by atomic mass is 10.1. The van der Waals surface area contributed by atoms with Crippen molar-refractivity contribution in [2.75, 3.05) is 43.4 Å². The van der Waals surface area contributed by atoms with Crippen molar-refractivity contribution in [1.29, 1.82) is 0 Å². The third-order valence-electron chi connectivity index (χ3n) is 4.88. The average Bonchev–Trinajstić information content (AvgIpc) is 2.74. The average molecular weight is 424 g/mol. The van der Waals surface area contributed by atoms with Crippen LogP contribution in [0.15, 0.2) is 47.6 Å². The SMILES string of the molecule is CC(=O)Nc1cccc(C(=O)NN=Cc2cc([N+](=O)[O-])ccc2N2CCN(C)CC2)c1. The number of hydrazone groups is 1. The number of non-ortho nitro benzene ring substituents is 1. The van der Waals surface area contributed by atoms with Crippen LogP contribution >= 0.6 is 0 Å². The van der Waals surface area contributed by atoms with Crippen LogP contribution in [0.5, 0.6) is 0 Å². The molecule has 162 valence electrons. The number of rotatable bonds is 6. The van der Waals surface area contributed by atoms with Crippen molar-refractivity contribution in [3.63, 3.8) is 0 Å². The Kier molecular flexibility index (Phi) is 6.93. The van der Waals surface area contributed by atoms with E-state index in [1.165, 1.54) is 31.3 Å². The Morgan fingerprint density at radius 2 is 1.87 bits per heavy atom. The number of nitrogens with zero attached hydrogens (tertiary/aromatic N) is 4. The molecule has 0 spiro atoms. The van der Waals surface area contributed by atoms with Crippen LogP contribution in [-0.4, -0.2) is 61.1 Å². The molecule has 31 heavy (non-hydrogen) atoms. The number of carbonyl (C=O) groups excluding carboxylic acids is 2. The summed E-state index contributed by atoms with van der Waals surface area (Å²) >= 11 is 0. The number of piperazine rings is 1. The highest BCUT2D eigenvalue weighted by Crippen LogP contribution is 2.25. The van der Waals surface area contributed by atoms with Crippen LogP contribution in [0.2, 0.25) is 0 Å². The highest BCUT2D eigenvalue weighted by atomic mass is 16.6. The summed E-state index contributed by atoms with van der Waals surface area (Å²) in [7, 11) is 2.05. The number of nitro groups is 1. The largest absolute Gasteiger partial charge is 0.368 e. The van der Waals surface area contributed by atoms with Crippen LogP contribution < -0.4 is 15.6 Å². The number of nitro benzene ring substituents is 1. The van der Waals surface area contributed by atoms with Crippen LogP contribution in [0, 0.1) is 10.1 Å². The molecular formula is C21H24N6O4. The molecule has 0 saturated carbocycles. The Labute approximate surface area is 179 Å². The molecule has 0 aliphatic carbocycles. The highest BCUT2D eigenvalue weighted by Gasteiger charge is 2.19. The third kappa shape index (κ3) is 5.86. The van der Waals surface area contributed by atoms with Crippen molar-refractivity contribution in [2.24, 2.45) is 5.10 Å². The topological polar surface area (TPSA) is 120 Å². The Morgan fingerprint density at radius 1 is 1.13 bits per heavy atom. The van der Waals surface area contributed by atoms with Crippen molar-refractivity contribution in [1.82, 2.24) is 10.3 Å². The molecule has 0 bridgehead atoms. The molecule has 1 fully saturated rings. The number of nitrogens with one attached hydrogen (secondary N) is 2. The molecule has 1 saturated heterocycles. The fourth-order valence-corrected chi connectivity index (χ4v) is 3.26. The minimum atomic E-state index is -0.463. The zero-order valence-electron chi connectivity index (χ0n) is 17.4. The molecule has 1 heterocycles. The Bertz CT molecular complexity index is 1010. The molecular weight excluding hydrogens is 400 g/mol. The van der Waals surface area contributed by atoms with Crippen LogP contribution in [-0.2, 0) is 4.79 Å². The highest BCUT2D eigenvalue weighted by molar-refractivity contribution is 5.97. The summed E-state index contributed by atoms with van der Waals surface area (Å²) in [4.78, 5) is 38.7. The quantitative estimate of drug-likeness (QED) is 0.416. The third-order valence-corrected chi connectivity index (χ3v) is 4.88. The summed E-state index contributed by atoms with van der Waals surface area (Å²) in [6.07, 6.45) is 1.41. The fourth-order valence-electron chi connectivity index (χ4n) is 3.26. The van der Waals surface area contributed by atoms with E-state index >= 15 is 0 Å². The van der Waals surface area contributed by atoms with Gasteiger partial charge in [-0.2, -0.15) is 5.10 Å². The first-order valence-corrected chi connectivity index (χ1v) is 9.76. The van der Waals surface area contributed by atoms with E-state index in [0.29, 0.717) is 16.8 Å². The molecule has 0 radical (unpaired) electrons. The molecule has 1 aliphatic rings. The number of hydrogen-bond donors (Lipinski definition) is 2. The minimum absolute atomic E-state index is 0.0475. The number of anilines is 2. The van der Waals surface area contributed by atoms with E-state index in [-0.39, 0.29) is 11.6 Å². The summed E-state index contributed by atoms with van der Waals surface area (Å²) in [5.41, 5.74) is 4.58. The zero-order valence-corrected chi connectivity index (χ0v) is 17.4. The second kappa shape index (κ2) is 9.81. The van der Waals surface area contributed by atoms with Crippen LogP contribution in [0.25, 0.3) is 0 Å². The molecule has 2 aromatic carbocycles. The minimum Gasteiger partial charge on any atom is -0.368 e. The van der Waals surface area contributed by atoms with Gasteiger partial charge in [-0.05, 0) is 31.3 Å². The first-order chi connectivity index (χ1) is 14.8. The smallest absolute Gasteiger partial charge is 0.271 e. The maximum Gasteiger partial charge on any atom is 0.271 e. The van der Waals surface area contributed by atoms with E-state index in [1.54, 1.807) is 24.3 Å². The Morgan fingerprint density at radius 3 is 2.55 bits per heavy atom. The van der Waals surface area contributed by atoms with Crippen molar-refractivity contribution in [2.45, 2.75) is 6.92 Å². The summed E-state index contributed by atoms with van der Waals surface area (Å²) in [6.45, 7) is 4.73. The van der Waals surface area contributed by atoms with Gasteiger partial charge in [0.05, 0.1) is 11.1 Å². The summed E-state index contributed by atoms with van der Waals surface area (Å²) in [6, 6.07) is 11.1. The standard InChI is InChI=1S/C21H24N6O4/c1-15(28)23-18-5-3-4-16(12-18)21(29)24-22-14-17-13-19(27(30)31)6-7-20(17)26-10-8-25(2)9-11-26/h3-7,12-14H,8-11H2,1-2H3,(H,23,28)(H,24,29). The van der Waals surface area contributed by atoms with Gasteiger partial charge in [-0.3, -0.25) is 19.7 Å². The van der Waals surface area contributed by atoms with Gasteiger partial charge in [0.2, 0.25) is 5.91 Å². The molecule has 0 aromatic heterocycles. The van der Waals surface area contributed by atoms with Crippen molar-refractivity contribution in [3.05, 3.63) is 63.7 Å². The lowest BCUT2D eigenvalue weighted by Gasteiger charge is -2.34. The lowest BCUT2D eigenvalue weighted by Crippen LogP contribution is -2.44. The Hall–Kier alpha value is -3.79. The molecule has 0 unspecified atom stereocenters. The zero-order chi connectivity index (χ0) is 22.4. The molecule has 2 N–H and O–H groups in total. The van der Waals surface area contributed by atoms with Crippen molar-refractivity contribution < 1.29 is 14.5 Å². The van der Waals surface area contributed by atoms with Gasteiger partial charge in [0.15, 0.2) is 0 Å². The summed E-state index contributed by atoms with van der Waals surface area (Å²) < 4.78 is 0. The van der Waals surface area contributed by atoms with Gasteiger partial charge in [-0.15, -0.1) is 0 Å². The first-order valence-electron chi connectivity index (χ1n) is 9.76. The van der Waals surface area contributed by atoms with Gasteiger partial charge in [-0.25, -0.2) is 5.43 Å². The number of carbonyl (C=O) groups is 2. The number of likely N-dealkylation sites (N-methyl/N-ethyl adjacent to an activating group) is 1. The van der Waals surface area contributed by atoms with E-state index < -0.39 is 10.8 Å². The number of hydrogen-bond acceptors (Lipinski definition) is 7. The number of benzene rings is 2. The van der Waals surface area contributed by atoms with E-state index in [9.17, 15) is 19.7 Å². The van der Waals surface area contributed by atoms with Gasteiger partial charge in [-0.1, -0.05) is 6.07 Å². The normalized spacial score (nSPS) is 14.5. The van der Waals surface area contributed by atoms with Gasteiger partial charge in [0, 0.05) is 67.7 Å². The predicted octanol–water partition coefficient (Wildman–Crippen LogP) is 2.07. The molecule has 2 aromatic rings. The van der Waals surface area contributed by atoms with Crippen molar-refractivity contribution >= 4 is 35.1 Å². The summed E-state index contributed by atoms with van der Waals surface area (Å²) in [5, 5.41) is 17.8. The fraction of sp³-hybridized carbons (Fsp3) is 0.286. The molecule has 10 nitrogen and oxygen atoms in total. The Balaban J connectivity index is 1.77. The maximum atomic E-state index is 12.4. The van der Waals surface area contributed by atoms with Crippen LogP contribution in [0.4, 0.5) is 17.1 Å². The van der Waals surface area contributed by atoms with Crippen LogP contribution in [0.1, 0.15) is 22.8 Å². The van der Waals surface area contributed by atoms with E-state index in [2.05, 4.69) is 25.6 Å². The number of amides is 2. The van der Waals surface area contributed by atoms with E-state index in [1.807, 2.05) is 7.05 Å². The molecule has 0 atom stereocenters. The second-order valence-electron chi connectivity index (χ2n) is 7.25. The van der Waals surface area contributed by atoms with Gasteiger partial charge in [0.25, 0.3) is 11.6 Å².